The summed E-state index contributed by atoms with van der Waals surface area (Å²) in [6.45, 7) is 5.92. The maximum absolute atomic E-state index is 12.6. The number of ether oxygens (including phenoxy) is 1. The summed E-state index contributed by atoms with van der Waals surface area (Å²) >= 11 is 0. The Bertz CT molecular complexity index is 583. The van der Waals surface area contributed by atoms with Crippen molar-refractivity contribution in [1.29, 1.82) is 0 Å². The third kappa shape index (κ3) is 3.75. The van der Waals surface area contributed by atoms with E-state index in [1.54, 1.807) is 25.2 Å². The van der Waals surface area contributed by atoms with Gasteiger partial charge >= 0.3 is 0 Å². The monoisotopic (exact) mass is 312 g/mol. The summed E-state index contributed by atoms with van der Waals surface area (Å²) in [6.07, 6.45) is 1.91. The molecular formula is C15H24N2O3S. The third-order valence-corrected chi connectivity index (χ3v) is 5.54. The van der Waals surface area contributed by atoms with Crippen LogP contribution in [0.4, 0.5) is 0 Å². The largest absolute Gasteiger partial charge is 0.494 e. The zero-order valence-corrected chi connectivity index (χ0v) is 13.7. The quantitative estimate of drug-likeness (QED) is 0.797. The molecule has 0 amide bonds. The van der Waals surface area contributed by atoms with Crippen molar-refractivity contribution in [2.45, 2.75) is 44.2 Å². The van der Waals surface area contributed by atoms with Gasteiger partial charge in [-0.2, -0.15) is 4.31 Å². The van der Waals surface area contributed by atoms with Crippen LogP contribution in [0, 0.1) is 0 Å². The minimum Gasteiger partial charge on any atom is -0.494 e. The second-order valence-corrected chi connectivity index (χ2v) is 7.23. The number of hydrogen-bond acceptors (Lipinski definition) is 4. The van der Waals surface area contributed by atoms with Crippen LogP contribution in [0.3, 0.4) is 0 Å². The van der Waals surface area contributed by atoms with Crippen molar-refractivity contribution in [3.05, 3.63) is 23.8 Å². The maximum Gasteiger partial charge on any atom is 0.243 e. The fourth-order valence-electron chi connectivity index (χ4n) is 2.21. The van der Waals surface area contributed by atoms with Gasteiger partial charge in [-0.1, -0.05) is 6.92 Å². The summed E-state index contributed by atoms with van der Waals surface area (Å²) in [6, 6.07) is 5.28. The van der Waals surface area contributed by atoms with Gasteiger partial charge in [0.05, 0.1) is 11.5 Å². The molecule has 0 unspecified atom stereocenters. The Morgan fingerprint density at radius 2 is 2.05 bits per heavy atom. The predicted octanol–water partition coefficient (Wildman–Crippen LogP) is 1.98. The highest BCUT2D eigenvalue weighted by Crippen LogP contribution is 2.32. The van der Waals surface area contributed by atoms with Crippen LogP contribution < -0.4 is 10.1 Å². The van der Waals surface area contributed by atoms with E-state index in [2.05, 4.69) is 5.32 Å². The first-order chi connectivity index (χ1) is 10.0. The lowest BCUT2D eigenvalue weighted by Crippen LogP contribution is -2.29. The van der Waals surface area contributed by atoms with Gasteiger partial charge in [0.1, 0.15) is 5.75 Å². The molecule has 2 rings (SSSR count). The summed E-state index contributed by atoms with van der Waals surface area (Å²) < 4.78 is 32.2. The molecule has 1 saturated carbocycles. The molecule has 0 atom stereocenters. The molecule has 1 N–H and O–H groups in total. The van der Waals surface area contributed by atoms with Gasteiger partial charge in [-0.3, -0.25) is 0 Å². The molecular weight excluding hydrogens is 288 g/mol. The number of nitrogens with zero attached hydrogens (tertiary/aromatic N) is 1. The van der Waals surface area contributed by atoms with Gasteiger partial charge < -0.3 is 10.1 Å². The molecule has 1 aliphatic rings. The second-order valence-electron chi connectivity index (χ2n) is 5.24. The molecule has 0 radical (unpaired) electrons. The summed E-state index contributed by atoms with van der Waals surface area (Å²) in [4.78, 5) is 0.341. The highest BCUT2D eigenvalue weighted by molar-refractivity contribution is 7.89. The van der Waals surface area contributed by atoms with E-state index in [4.69, 9.17) is 4.74 Å². The lowest BCUT2D eigenvalue weighted by Gasteiger charge is -2.18. The molecule has 118 valence electrons. The van der Waals surface area contributed by atoms with E-state index < -0.39 is 10.0 Å². The summed E-state index contributed by atoms with van der Waals surface area (Å²) in [5.41, 5.74) is 0.879. The zero-order chi connectivity index (χ0) is 15.5. The third-order valence-electron chi connectivity index (χ3n) is 3.64. The average Bonchev–Trinajstić information content (AvgIpc) is 3.30. The highest BCUT2D eigenvalue weighted by Gasteiger charge is 2.35. The van der Waals surface area contributed by atoms with Crippen molar-refractivity contribution < 1.29 is 13.2 Å². The number of nitrogens with one attached hydrogen (secondary N) is 1. The summed E-state index contributed by atoms with van der Waals surface area (Å²) in [5, 5.41) is 3.22. The number of benzene rings is 1. The predicted molar refractivity (Wildman–Crippen MR) is 83.0 cm³/mol. The van der Waals surface area contributed by atoms with Gasteiger partial charge in [0.2, 0.25) is 10.0 Å². The van der Waals surface area contributed by atoms with Crippen LogP contribution in [0.5, 0.6) is 5.75 Å². The van der Waals surface area contributed by atoms with Crippen LogP contribution in [0.15, 0.2) is 23.1 Å². The molecule has 1 fully saturated rings. The van der Waals surface area contributed by atoms with E-state index >= 15 is 0 Å². The first-order valence-electron chi connectivity index (χ1n) is 7.45. The fraction of sp³-hybridized carbons (Fsp3) is 0.600. The van der Waals surface area contributed by atoms with E-state index in [1.807, 2.05) is 13.8 Å². The fourth-order valence-corrected chi connectivity index (χ4v) is 3.68. The lowest BCUT2D eigenvalue weighted by atomic mass is 10.2. The molecule has 1 aromatic carbocycles. The Hall–Kier alpha value is -1.11. The highest BCUT2D eigenvalue weighted by atomic mass is 32.2. The van der Waals surface area contributed by atoms with Crippen molar-refractivity contribution in [2.75, 3.05) is 20.2 Å². The molecule has 6 heteroatoms. The van der Waals surface area contributed by atoms with Gasteiger partial charge in [0.25, 0.3) is 0 Å². The summed E-state index contributed by atoms with van der Waals surface area (Å²) in [5.74, 6) is 0.742. The van der Waals surface area contributed by atoms with Crippen LogP contribution in [-0.4, -0.2) is 39.0 Å². The first kappa shape index (κ1) is 16.3. The van der Waals surface area contributed by atoms with Crippen molar-refractivity contribution in [3.8, 4) is 5.75 Å². The van der Waals surface area contributed by atoms with Crippen LogP contribution >= 0.6 is 0 Å². The standard InChI is InChI=1S/C15H24N2O3S/c1-4-16-11-12-10-14(8-9-15(12)20-5-2)21(18,19)17(3)13-6-7-13/h8-10,13,16H,4-7,11H2,1-3H3. The van der Waals surface area contributed by atoms with E-state index in [0.29, 0.717) is 18.0 Å². The zero-order valence-electron chi connectivity index (χ0n) is 12.9. The van der Waals surface area contributed by atoms with Crippen molar-refractivity contribution in [1.82, 2.24) is 9.62 Å². The van der Waals surface area contributed by atoms with Gasteiger partial charge in [0, 0.05) is 25.2 Å². The molecule has 21 heavy (non-hydrogen) atoms. The van der Waals surface area contributed by atoms with Crippen molar-refractivity contribution in [2.24, 2.45) is 0 Å². The first-order valence-corrected chi connectivity index (χ1v) is 8.89. The van der Waals surface area contributed by atoms with E-state index in [0.717, 1.165) is 30.7 Å². The Labute approximate surface area is 127 Å². The van der Waals surface area contributed by atoms with E-state index in [1.165, 1.54) is 4.31 Å². The Kier molecular flexibility index (Phi) is 5.24. The number of rotatable bonds is 8. The Morgan fingerprint density at radius 3 is 2.62 bits per heavy atom. The van der Waals surface area contributed by atoms with Crippen LogP contribution in [0.1, 0.15) is 32.3 Å². The summed E-state index contributed by atoms with van der Waals surface area (Å²) in [7, 11) is -1.74. The van der Waals surface area contributed by atoms with Crippen LogP contribution in [-0.2, 0) is 16.6 Å². The average molecular weight is 312 g/mol. The van der Waals surface area contributed by atoms with Crippen molar-refractivity contribution >= 4 is 10.0 Å². The van der Waals surface area contributed by atoms with Crippen LogP contribution in [0.2, 0.25) is 0 Å². The minimum absolute atomic E-state index is 0.166. The van der Waals surface area contributed by atoms with Gasteiger partial charge in [0.15, 0.2) is 0 Å². The van der Waals surface area contributed by atoms with Crippen LogP contribution in [0.25, 0.3) is 0 Å². The number of sulfonamides is 1. The van der Waals surface area contributed by atoms with Gasteiger partial charge in [-0.15, -0.1) is 0 Å². The maximum atomic E-state index is 12.6. The molecule has 0 aromatic heterocycles. The van der Waals surface area contributed by atoms with Gasteiger partial charge in [-0.25, -0.2) is 8.42 Å². The Morgan fingerprint density at radius 1 is 1.33 bits per heavy atom. The molecule has 5 nitrogen and oxygen atoms in total. The Balaban J connectivity index is 2.31. The second kappa shape index (κ2) is 6.77. The van der Waals surface area contributed by atoms with Crippen molar-refractivity contribution in [3.63, 3.8) is 0 Å². The molecule has 0 aliphatic heterocycles. The SMILES string of the molecule is CCNCc1cc(S(=O)(=O)N(C)C2CC2)ccc1OCC. The molecule has 1 aliphatic carbocycles. The smallest absolute Gasteiger partial charge is 0.243 e. The topological polar surface area (TPSA) is 58.6 Å². The van der Waals surface area contributed by atoms with E-state index in [9.17, 15) is 8.42 Å². The van der Waals surface area contributed by atoms with E-state index in [-0.39, 0.29) is 6.04 Å². The molecule has 0 spiro atoms. The molecule has 0 bridgehead atoms. The molecule has 0 heterocycles. The lowest BCUT2D eigenvalue weighted by molar-refractivity contribution is 0.335. The minimum atomic E-state index is -3.40. The molecule has 0 saturated heterocycles. The number of hydrogen-bond donors (Lipinski definition) is 1. The normalized spacial score (nSPS) is 15.4. The van der Waals surface area contributed by atoms with Gasteiger partial charge in [-0.05, 0) is 44.5 Å². The molecule has 1 aromatic rings.